The highest BCUT2D eigenvalue weighted by Crippen LogP contribution is 2.18. The average Bonchev–Trinajstić information content (AvgIpc) is 2.54. The minimum atomic E-state index is -0.418. The molecule has 1 aliphatic rings. The molecule has 18 heavy (non-hydrogen) atoms. The van der Waals surface area contributed by atoms with Gasteiger partial charge in [0.25, 0.3) is 0 Å². The molecule has 1 rings (SSSR count). The van der Waals surface area contributed by atoms with Crippen molar-refractivity contribution in [3.8, 4) is 0 Å². The molecular formula is C12H14BrN3O2. The molecule has 0 saturated carbocycles. The number of alkyl halides is 1. The number of esters is 1. The van der Waals surface area contributed by atoms with E-state index in [1.54, 1.807) is 0 Å². The Labute approximate surface area is 114 Å². The van der Waals surface area contributed by atoms with Gasteiger partial charge in [-0.25, -0.2) is 0 Å². The molecule has 0 aromatic carbocycles. The van der Waals surface area contributed by atoms with Crippen molar-refractivity contribution in [1.82, 2.24) is 0 Å². The van der Waals surface area contributed by atoms with Crippen molar-refractivity contribution < 1.29 is 9.53 Å². The topological polar surface area (TPSA) is 75.1 Å². The summed E-state index contributed by atoms with van der Waals surface area (Å²) in [6.07, 6.45) is 10.4. The number of azide groups is 1. The Kier molecular flexibility index (Phi) is 6.25. The van der Waals surface area contributed by atoms with Crippen LogP contribution < -0.4 is 0 Å². The number of methoxy groups -OCH3 is 1. The Morgan fingerprint density at radius 2 is 2.44 bits per heavy atom. The number of ether oxygens (including phenoxy) is 1. The average molecular weight is 312 g/mol. The standard InChI is InChI=1S/C12H14BrN3O2/c1-18-12(17)8-11(15-16-14)7-9-3-2-4-10(13)6-5-9/h2-6,10-11H,7-8H2,1H3/t10?,11-/m1/s1. The van der Waals surface area contributed by atoms with Crippen LogP contribution in [0.5, 0.6) is 0 Å². The maximum Gasteiger partial charge on any atom is 0.305 e. The van der Waals surface area contributed by atoms with Crippen LogP contribution in [0.1, 0.15) is 12.8 Å². The van der Waals surface area contributed by atoms with Crippen LogP contribution in [0.25, 0.3) is 10.4 Å². The third-order valence-electron chi connectivity index (χ3n) is 2.42. The molecule has 0 amide bonds. The molecule has 0 radical (unpaired) electrons. The van der Waals surface area contributed by atoms with Gasteiger partial charge in [-0.05, 0) is 17.5 Å². The molecule has 0 fully saturated rings. The second-order valence-electron chi connectivity index (χ2n) is 3.77. The molecule has 0 N–H and O–H groups in total. The van der Waals surface area contributed by atoms with Gasteiger partial charge in [0.15, 0.2) is 0 Å². The zero-order valence-electron chi connectivity index (χ0n) is 9.99. The fourth-order valence-electron chi connectivity index (χ4n) is 1.53. The zero-order valence-corrected chi connectivity index (χ0v) is 11.6. The monoisotopic (exact) mass is 311 g/mol. The van der Waals surface area contributed by atoms with Crippen molar-refractivity contribution in [3.63, 3.8) is 0 Å². The van der Waals surface area contributed by atoms with Gasteiger partial charge in [0.2, 0.25) is 0 Å². The predicted molar refractivity (Wildman–Crippen MR) is 73.3 cm³/mol. The van der Waals surface area contributed by atoms with Crippen LogP contribution in [0.3, 0.4) is 0 Å². The van der Waals surface area contributed by atoms with E-state index in [9.17, 15) is 4.79 Å². The van der Waals surface area contributed by atoms with Crippen molar-refractivity contribution in [2.24, 2.45) is 5.11 Å². The number of hydrogen-bond acceptors (Lipinski definition) is 3. The fourth-order valence-corrected chi connectivity index (χ4v) is 1.86. The molecule has 0 bridgehead atoms. The quantitative estimate of drug-likeness (QED) is 0.256. The molecule has 6 heteroatoms. The van der Waals surface area contributed by atoms with Crippen molar-refractivity contribution in [3.05, 3.63) is 46.4 Å². The molecule has 1 aliphatic carbocycles. The normalized spacial score (nSPS) is 19.4. The number of nitrogens with zero attached hydrogens (tertiary/aromatic N) is 3. The lowest BCUT2D eigenvalue weighted by Gasteiger charge is -2.09. The lowest BCUT2D eigenvalue weighted by atomic mass is 10.0. The Balaban J connectivity index is 2.69. The first-order valence-electron chi connectivity index (χ1n) is 5.46. The second-order valence-corrected chi connectivity index (χ2v) is 4.83. The van der Waals surface area contributed by atoms with E-state index < -0.39 is 6.04 Å². The SMILES string of the molecule is COC(=O)C[C@@H](CC1=CC=CC(Br)C=C1)N=[N+]=[N-]. The lowest BCUT2D eigenvalue weighted by molar-refractivity contribution is -0.140. The molecule has 1 unspecified atom stereocenters. The molecule has 0 heterocycles. The van der Waals surface area contributed by atoms with Crippen LogP contribution >= 0.6 is 15.9 Å². The molecule has 5 nitrogen and oxygen atoms in total. The number of hydrogen-bond donors (Lipinski definition) is 0. The number of halogens is 1. The van der Waals surface area contributed by atoms with Gasteiger partial charge >= 0.3 is 5.97 Å². The highest BCUT2D eigenvalue weighted by Gasteiger charge is 2.14. The van der Waals surface area contributed by atoms with Crippen molar-refractivity contribution in [2.45, 2.75) is 23.7 Å². The molecule has 2 atom stereocenters. The summed E-state index contributed by atoms with van der Waals surface area (Å²) in [5, 5.41) is 3.62. The van der Waals surface area contributed by atoms with E-state index in [4.69, 9.17) is 5.53 Å². The van der Waals surface area contributed by atoms with Gasteiger partial charge in [-0.3, -0.25) is 4.79 Å². The smallest absolute Gasteiger partial charge is 0.305 e. The lowest BCUT2D eigenvalue weighted by Crippen LogP contribution is -2.13. The summed E-state index contributed by atoms with van der Waals surface area (Å²) in [5.74, 6) is -0.375. The maximum atomic E-state index is 11.2. The Hall–Kier alpha value is -1.52. The van der Waals surface area contributed by atoms with Gasteiger partial charge in [0.1, 0.15) is 0 Å². The third-order valence-corrected chi connectivity index (χ3v) is 3.03. The molecule has 0 saturated heterocycles. The number of rotatable bonds is 5. The van der Waals surface area contributed by atoms with Crippen LogP contribution in [-0.2, 0) is 9.53 Å². The summed E-state index contributed by atoms with van der Waals surface area (Å²) in [5.41, 5.74) is 9.51. The summed E-state index contributed by atoms with van der Waals surface area (Å²) >= 11 is 3.45. The Bertz CT molecular complexity index is 437. The molecule has 0 aromatic heterocycles. The maximum absolute atomic E-state index is 11.2. The van der Waals surface area contributed by atoms with Gasteiger partial charge in [-0.1, -0.05) is 51.4 Å². The highest BCUT2D eigenvalue weighted by atomic mass is 79.9. The van der Waals surface area contributed by atoms with Crippen LogP contribution in [0.4, 0.5) is 0 Å². The Morgan fingerprint density at radius 1 is 1.67 bits per heavy atom. The minimum Gasteiger partial charge on any atom is -0.469 e. The van der Waals surface area contributed by atoms with Gasteiger partial charge in [-0.15, -0.1) is 0 Å². The first-order chi connectivity index (χ1) is 8.65. The van der Waals surface area contributed by atoms with E-state index >= 15 is 0 Å². The fraction of sp³-hybridized carbons (Fsp3) is 0.417. The summed E-state index contributed by atoms with van der Waals surface area (Å²) in [6.45, 7) is 0. The van der Waals surface area contributed by atoms with Crippen molar-refractivity contribution in [2.75, 3.05) is 7.11 Å². The van der Waals surface area contributed by atoms with E-state index in [1.807, 2.05) is 30.4 Å². The first-order valence-corrected chi connectivity index (χ1v) is 6.38. The molecule has 0 aliphatic heterocycles. The summed E-state index contributed by atoms with van der Waals surface area (Å²) in [4.78, 5) is 14.2. The number of allylic oxidation sites excluding steroid dienone is 5. The summed E-state index contributed by atoms with van der Waals surface area (Å²) in [6, 6.07) is -0.418. The summed E-state index contributed by atoms with van der Waals surface area (Å²) in [7, 11) is 1.32. The predicted octanol–water partition coefficient (Wildman–Crippen LogP) is 3.43. The van der Waals surface area contributed by atoms with Crippen LogP contribution in [0.2, 0.25) is 0 Å². The van der Waals surface area contributed by atoms with E-state index in [0.717, 1.165) is 5.57 Å². The summed E-state index contributed by atoms with van der Waals surface area (Å²) < 4.78 is 4.58. The molecule has 0 spiro atoms. The molecule has 96 valence electrons. The van der Waals surface area contributed by atoms with E-state index in [0.29, 0.717) is 6.42 Å². The minimum absolute atomic E-state index is 0.0905. The van der Waals surface area contributed by atoms with Gasteiger partial charge in [0.05, 0.1) is 24.4 Å². The largest absolute Gasteiger partial charge is 0.469 e. The van der Waals surface area contributed by atoms with Gasteiger partial charge in [0, 0.05) is 4.91 Å². The van der Waals surface area contributed by atoms with Crippen LogP contribution in [-0.4, -0.2) is 23.9 Å². The molecule has 0 aromatic rings. The second kappa shape index (κ2) is 7.74. The Morgan fingerprint density at radius 3 is 3.11 bits per heavy atom. The third kappa shape index (κ3) is 5.21. The van der Waals surface area contributed by atoms with Crippen LogP contribution in [0.15, 0.2) is 41.1 Å². The van der Waals surface area contributed by atoms with Gasteiger partial charge in [-0.2, -0.15) is 0 Å². The van der Waals surface area contributed by atoms with E-state index in [2.05, 4.69) is 30.7 Å². The van der Waals surface area contributed by atoms with E-state index in [-0.39, 0.29) is 17.2 Å². The molecular weight excluding hydrogens is 298 g/mol. The van der Waals surface area contributed by atoms with Crippen molar-refractivity contribution >= 4 is 21.9 Å². The van der Waals surface area contributed by atoms with Gasteiger partial charge < -0.3 is 4.74 Å². The van der Waals surface area contributed by atoms with Crippen LogP contribution in [0, 0.1) is 0 Å². The number of carbonyl (C=O) groups is 1. The highest BCUT2D eigenvalue weighted by molar-refractivity contribution is 9.09. The first kappa shape index (κ1) is 14.5. The zero-order chi connectivity index (χ0) is 13.4. The van der Waals surface area contributed by atoms with E-state index in [1.165, 1.54) is 7.11 Å². The van der Waals surface area contributed by atoms with Crippen molar-refractivity contribution in [1.29, 1.82) is 0 Å². The number of carbonyl (C=O) groups excluding carboxylic acids is 1.